The summed E-state index contributed by atoms with van der Waals surface area (Å²) in [5.74, 6) is -1.09. The number of anilines is 1. The van der Waals surface area contributed by atoms with Gasteiger partial charge in [-0.2, -0.15) is 0 Å². The number of aromatic nitrogens is 1. The average Bonchev–Trinajstić information content (AvgIpc) is 3.43. The molecule has 2 unspecified atom stereocenters. The fourth-order valence-corrected chi connectivity index (χ4v) is 4.85. The lowest BCUT2D eigenvalue weighted by Gasteiger charge is -2.14. The van der Waals surface area contributed by atoms with E-state index in [0.717, 1.165) is 6.42 Å². The number of nitrogens with one attached hydrogen (secondary N) is 2. The van der Waals surface area contributed by atoms with Crippen LogP contribution in [-0.4, -0.2) is 22.9 Å². The summed E-state index contributed by atoms with van der Waals surface area (Å²) >= 11 is 7.08. The van der Waals surface area contributed by atoms with Gasteiger partial charge in [0.25, 0.3) is 11.5 Å². The first kappa shape index (κ1) is 22.2. The van der Waals surface area contributed by atoms with Crippen LogP contribution in [0.15, 0.2) is 59.5 Å². The number of rotatable bonds is 6. The standard InChI is InChI=1S/C23H21ClFN3O3S/c24-20-9-8-19(32-20)23(31)26-13-14-4-5-15(11-14)22(30)27-18-7-6-16(12-17(18)25)28-10-2-1-3-21(28)29/h1-3,6-10,12,14-15H,4-5,11,13H2,(H,26,31)(H,27,30). The van der Waals surface area contributed by atoms with Gasteiger partial charge in [0.15, 0.2) is 0 Å². The van der Waals surface area contributed by atoms with Gasteiger partial charge in [-0.15, -0.1) is 11.3 Å². The molecule has 1 aromatic carbocycles. The first-order valence-electron chi connectivity index (χ1n) is 10.2. The Kier molecular flexibility index (Phi) is 6.72. The second-order valence-corrected chi connectivity index (χ2v) is 9.47. The maximum atomic E-state index is 14.6. The molecule has 3 aromatic rings. The third-order valence-electron chi connectivity index (χ3n) is 5.57. The molecule has 0 bridgehead atoms. The Bertz CT molecular complexity index is 1210. The minimum atomic E-state index is -0.608. The van der Waals surface area contributed by atoms with Crippen molar-refractivity contribution in [3.63, 3.8) is 0 Å². The molecule has 2 N–H and O–H groups in total. The van der Waals surface area contributed by atoms with Crippen molar-refractivity contribution in [3.8, 4) is 5.69 Å². The monoisotopic (exact) mass is 473 g/mol. The highest BCUT2D eigenvalue weighted by Gasteiger charge is 2.30. The lowest BCUT2D eigenvalue weighted by molar-refractivity contribution is -0.119. The summed E-state index contributed by atoms with van der Waals surface area (Å²) in [5, 5.41) is 5.55. The highest BCUT2D eigenvalue weighted by Crippen LogP contribution is 2.32. The van der Waals surface area contributed by atoms with Gasteiger partial charge in [-0.05, 0) is 55.5 Å². The highest BCUT2D eigenvalue weighted by atomic mass is 35.5. The van der Waals surface area contributed by atoms with Crippen LogP contribution >= 0.6 is 22.9 Å². The maximum absolute atomic E-state index is 14.6. The molecule has 2 aromatic heterocycles. The number of thiophene rings is 1. The van der Waals surface area contributed by atoms with E-state index in [1.165, 1.54) is 34.1 Å². The molecule has 0 spiro atoms. The number of carbonyl (C=O) groups excluding carboxylic acids is 2. The minimum absolute atomic E-state index is 0.0778. The van der Waals surface area contributed by atoms with Crippen molar-refractivity contribution >= 4 is 40.4 Å². The number of hydrogen-bond acceptors (Lipinski definition) is 4. The van der Waals surface area contributed by atoms with Crippen LogP contribution in [0, 0.1) is 17.7 Å². The van der Waals surface area contributed by atoms with Gasteiger partial charge in [0, 0.05) is 30.8 Å². The van der Waals surface area contributed by atoms with Crippen LogP contribution in [0.25, 0.3) is 5.69 Å². The zero-order valence-electron chi connectivity index (χ0n) is 17.0. The smallest absolute Gasteiger partial charge is 0.261 e. The second-order valence-electron chi connectivity index (χ2n) is 7.75. The van der Waals surface area contributed by atoms with E-state index in [2.05, 4.69) is 10.6 Å². The van der Waals surface area contributed by atoms with E-state index in [1.54, 1.807) is 36.5 Å². The van der Waals surface area contributed by atoms with Crippen molar-refractivity contribution in [2.75, 3.05) is 11.9 Å². The SMILES string of the molecule is O=C(NCC1CCC(C(=O)Nc2ccc(-n3ccccc3=O)cc2F)C1)c1ccc(Cl)s1. The molecule has 9 heteroatoms. The Hall–Kier alpha value is -2.97. The third kappa shape index (κ3) is 5.08. The van der Waals surface area contributed by atoms with Gasteiger partial charge in [0.05, 0.1) is 20.6 Å². The van der Waals surface area contributed by atoms with Gasteiger partial charge in [-0.25, -0.2) is 4.39 Å². The second kappa shape index (κ2) is 9.67. The minimum Gasteiger partial charge on any atom is -0.351 e. The third-order valence-corrected chi connectivity index (χ3v) is 6.80. The summed E-state index contributed by atoms with van der Waals surface area (Å²) in [6, 6.07) is 12.3. The predicted molar refractivity (Wildman–Crippen MR) is 123 cm³/mol. The van der Waals surface area contributed by atoms with Crippen LogP contribution in [0.3, 0.4) is 0 Å². The van der Waals surface area contributed by atoms with E-state index in [0.29, 0.717) is 34.3 Å². The van der Waals surface area contributed by atoms with Crippen LogP contribution in [0.5, 0.6) is 0 Å². The van der Waals surface area contributed by atoms with Crippen LogP contribution in [-0.2, 0) is 4.79 Å². The van der Waals surface area contributed by atoms with Crippen molar-refractivity contribution in [1.82, 2.24) is 9.88 Å². The molecule has 2 amide bonds. The van der Waals surface area contributed by atoms with Crippen molar-refractivity contribution in [3.05, 3.63) is 80.1 Å². The first-order valence-corrected chi connectivity index (χ1v) is 11.4. The lowest BCUT2D eigenvalue weighted by Crippen LogP contribution is -2.28. The first-order chi connectivity index (χ1) is 15.4. The highest BCUT2D eigenvalue weighted by molar-refractivity contribution is 7.18. The van der Waals surface area contributed by atoms with Gasteiger partial charge >= 0.3 is 0 Å². The van der Waals surface area contributed by atoms with Gasteiger partial charge in [0.2, 0.25) is 5.91 Å². The Morgan fingerprint density at radius 1 is 1.16 bits per heavy atom. The van der Waals surface area contributed by atoms with E-state index in [4.69, 9.17) is 11.6 Å². The summed E-state index contributed by atoms with van der Waals surface area (Å²) < 4.78 is 16.5. The quantitative estimate of drug-likeness (QED) is 0.554. The summed E-state index contributed by atoms with van der Waals surface area (Å²) in [6.45, 7) is 0.479. The molecule has 6 nitrogen and oxygen atoms in total. The molecule has 4 rings (SSSR count). The number of hydrogen-bond donors (Lipinski definition) is 2. The van der Waals surface area contributed by atoms with E-state index >= 15 is 0 Å². The molecule has 1 aliphatic carbocycles. The number of carbonyl (C=O) groups is 2. The number of halogens is 2. The van der Waals surface area contributed by atoms with Crippen molar-refractivity contribution < 1.29 is 14.0 Å². The Balaban J connectivity index is 1.32. The lowest BCUT2D eigenvalue weighted by atomic mass is 10.0. The predicted octanol–water partition coefficient (Wildman–Crippen LogP) is 4.48. The molecule has 0 saturated heterocycles. The summed E-state index contributed by atoms with van der Waals surface area (Å²) in [7, 11) is 0. The van der Waals surface area contributed by atoms with Crippen LogP contribution in [0.1, 0.15) is 28.9 Å². The van der Waals surface area contributed by atoms with E-state index in [1.807, 2.05) is 0 Å². The zero-order valence-corrected chi connectivity index (χ0v) is 18.6. The van der Waals surface area contributed by atoms with Gasteiger partial charge in [-0.1, -0.05) is 17.7 Å². The Morgan fingerprint density at radius 2 is 2.00 bits per heavy atom. The Morgan fingerprint density at radius 3 is 2.72 bits per heavy atom. The van der Waals surface area contributed by atoms with E-state index in [9.17, 15) is 18.8 Å². The molecule has 0 radical (unpaired) electrons. The van der Waals surface area contributed by atoms with Crippen LogP contribution < -0.4 is 16.2 Å². The summed E-state index contributed by atoms with van der Waals surface area (Å²) in [4.78, 5) is 37.3. The van der Waals surface area contributed by atoms with Gasteiger partial charge < -0.3 is 10.6 Å². The molecule has 0 aliphatic heterocycles. The fraction of sp³-hybridized carbons (Fsp3) is 0.261. The fourth-order valence-electron chi connectivity index (χ4n) is 3.89. The van der Waals surface area contributed by atoms with Crippen LogP contribution in [0.2, 0.25) is 4.34 Å². The summed E-state index contributed by atoms with van der Waals surface area (Å²) in [6.07, 6.45) is 3.66. The normalized spacial score (nSPS) is 17.8. The average molecular weight is 474 g/mol. The number of pyridine rings is 1. The molecular formula is C23H21ClFN3O3S. The Labute approximate surface area is 193 Å². The van der Waals surface area contributed by atoms with Crippen LogP contribution in [0.4, 0.5) is 10.1 Å². The number of amides is 2. The zero-order chi connectivity index (χ0) is 22.7. The summed E-state index contributed by atoms with van der Waals surface area (Å²) in [5.41, 5.74) is 0.193. The van der Waals surface area contributed by atoms with E-state index < -0.39 is 5.82 Å². The molecule has 1 fully saturated rings. The molecule has 2 heterocycles. The number of nitrogens with zero attached hydrogens (tertiary/aromatic N) is 1. The molecule has 1 saturated carbocycles. The molecule has 32 heavy (non-hydrogen) atoms. The molecule has 2 atom stereocenters. The molecule has 1 aliphatic rings. The van der Waals surface area contributed by atoms with Gasteiger partial charge in [0.1, 0.15) is 5.82 Å². The van der Waals surface area contributed by atoms with Crippen molar-refractivity contribution in [2.24, 2.45) is 11.8 Å². The molecular weight excluding hydrogens is 453 g/mol. The molecule has 166 valence electrons. The van der Waals surface area contributed by atoms with E-state index in [-0.39, 0.29) is 34.9 Å². The van der Waals surface area contributed by atoms with Gasteiger partial charge in [-0.3, -0.25) is 19.0 Å². The van der Waals surface area contributed by atoms with Crippen molar-refractivity contribution in [2.45, 2.75) is 19.3 Å². The number of benzene rings is 1. The maximum Gasteiger partial charge on any atom is 0.261 e. The topological polar surface area (TPSA) is 80.2 Å². The largest absolute Gasteiger partial charge is 0.351 e. The van der Waals surface area contributed by atoms with Crippen molar-refractivity contribution in [1.29, 1.82) is 0 Å².